The van der Waals surface area contributed by atoms with E-state index in [0.29, 0.717) is 0 Å². The molecule has 0 bridgehead atoms. The smallest absolute Gasteiger partial charge is 0.481 e. The standard InChI is InChI=1S/C6H13FO10P2/c7-4-6(10,3-5(8)9)1-2-16-19(14,15)17-18(11,12)13/h10H,1-4H2,(H,8,9)(H,14,15)(H2,11,12,13)/t6-/m1/s1. The van der Waals surface area contributed by atoms with Gasteiger partial charge in [-0.1, -0.05) is 0 Å². The second-order valence-electron chi connectivity index (χ2n) is 3.55. The van der Waals surface area contributed by atoms with Crippen molar-refractivity contribution in [1.29, 1.82) is 0 Å². The van der Waals surface area contributed by atoms with Gasteiger partial charge in [-0.05, 0) is 0 Å². The molecular weight excluding hydrogens is 313 g/mol. The van der Waals surface area contributed by atoms with E-state index in [1.807, 2.05) is 0 Å². The molecule has 0 aliphatic carbocycles. The Morgan fingerprint density at radius 1 is 1.26 bits per heavy atom. The van der Waals surface area contributed by atoms with Crippen LogP contribution in [0.1, 0.15) is 12.8 Å². The first kappa shape index (κ1) is 18.6. The zero-order valence-corrected chi connectivity index (χ0v) is 11.2. The van der Waals surface area contributed by atoms with Crippen LogP contribution in [0.4, 0.5) is 4.39 Å². The Kier molecular flexibility index (Phi) is 6.73. The van der Waals surface area contributed by atoms with Gasteiger partial charge in [-0.2, -0.15) is 4.31 Å². The first-order valence-electron chi connectivity index (χ1n) is 4.63. The molecule has 0 aromatic carbocycles. The summed E-state index contributed by atoms with van der Waals surface area (Å²) < 4.78 is 41.2. The van der Waals surface area contributed by atoms with Crippen molar-refractivity contribution in [2.24, 2.45) is 0 Å². The van der Waals surface area contributed by atoms with Gasteiger partial charge in [-0.15, -0.1) is 0 Å². The molecule has 2 atom stereocenters. The SMILES string of the molecule is O=C(O)C[C@@](O)(CF)CCOP(=O)(O)OP(=O)(O)O. The summed E-state index contributed by atoms with van der Waals surface area (Å²) in [6.45, 7) is -2.29. The molecule has 0 rings (SSSR count). The molecule has 10 nitrogen and oxygen atoms in total. The number of aliphatic carboxylic acids is 1. The number of phosphoric ester groups is 1. The Bertz CT molecular complexity index is 407. The summed E-state index contributed by atoms with van der Waals surface area (Å²) in [5.74, 6) is -1.50. The van der Waals surface area contributed by atoms with E-state index >= 15 is 0 Å². The number of carboxylic acid groups (broad SMARTS) is 1. The fourth-order valence-electron chi connectivity index (χ4n) is 0.993. The van der Waals surface area contributed by atoms with Crippen LogP contribution >= 0.6 is 15.6 Å². The zero-order valence-electron chi connectivity index (χ0n) is 9.38. The number of aliphatic hydroxyl groups is 1. The Morgan fingerprint density at radius 3 is 2.16 bits per heavy atom. The predicted molar refractivity (Wildman–Crippen MR) is 56.7 cm³/mol. The fourth-order valence-corrected chi connectivity index (χ4v) is 2.58. The summed E-state index contributed by atoms with van der Waals surface area (Å²) in [5.41, 5.74) is -2.31. The number of phosphoric acid groups is 2. The van der Waals surface area contributed by atoms with Gasteiger partial charge in [0.05, 0.1) is 13.0 Å². The summed E-state index contributed by atoms with van der Waals surface area (Å²) in [4.78, 5) is 35.7. The summed E-state index contributed by atoms with van der Waals surface area (Å²) in [5, 5.41) is 17.8. The van der Waals surface area contributed by atoms with Crippen molar-refractivity contribution in [1.82, 2.24) is 0 Å². The van der Waals surface area contributed by atoms with Crippen molar-refractivity contribution in [3.05, 3.63) is 0 Å². The molecule has 0 aliphatic rings. The molecule has 0 aliphatic heterocycles. The molecule has 0 aromatic heterocycles. The first-order chi connectivity index (χ1) is 8.39. The number of carbonyl (C=O) groups is 1. The summed E-state index contributed by atoms with van der Waals surface area (Å²) in [6, 6.07) is 0. The van der Waals surface area contributed by atoms with Crippen LogP contribution in [0.3, 0.4) is 0 Å². The van der Waals surface area contributed by atoms with Gasteiger partial charge in [-0.25, -0.2) is 13.5 Å². The van der Waals surface area contributed by atoms with Gasteiger partial charge in [0, 0.05) is 6.42 Å². The quantitative estimate of drug-likeness (QED) is 0.357. The minimum Gasteiger partial charge on any atom is -0.481 e. The van der Waals surface area contributed by atoms with Crippen LogP contribution in [0.25, 0.3) is 0 Å². The van der Waals surface area contributed by atoms with E-state index in [-0.39, 0.29) is 0 Å². The van der Waals surface area contributed by atoms with E-state index < -0.39 is 53.3 Å². The van der Waals surface area contributed by atoms with E-state index in [9.17, 15) is 23.4 Å². The van der Waals surface area contributed by atoms with Gasteiger partial charge in [0.1, 0.15) is 12.3 Å². The Labute approximate surface area is 106 Å². The maximum absolute atomic E-state index is 12.4. The van der Waals surface area contributed by atoms with Crippen LogP contribution in [-0.4, -0.2) is 49.7 Å². The maximum Gasteiger partial charge on any atom is 0.481 e. The van der Waals surface area contributed by atoms with E-state index in [0.717, 1.165) is 0 Å². The molecule has 19 heavy (non-hydrogen) atoms. The third kappa shape index (κ3) is 9.20. The Balaban J connectivity index is 4.38. The summed E-state index contributed by atoms with van der Waals surface area (Å²) in [6.07, 6.45) is -1.66. The van der Waals surface area contributed by atoms with Crippen LogP contribution < -0.4 is 0 Å². The van der Waals surface area contributed by atoms with Crippen LogP contribution in [0, 0.1) is 0 Å². The summed E-state index contributed by atoms with van der Waals surface area (Å²) >= 11 is 0. The third-order valence-electron chi connectivity index (χ3n) is 1.76. The highest BCUT2D eigenvalue weighted by Crippen LogP contribution is 2.57. The lowest BCUT2D eigenvalue weighted by molar-refractivity contribution is -0.143. The molecule has 0 aromatic rings. The van der Waals surface area contributed by atoms with Gasteiger partial charge >= 0.3 is 21.6 Å². The van der Waals surface area contributed by atoms with Crippen molar-refractivity contribution in [2.45, 2.75) is 18.4 Å². The van der Waals surface area contributed by atoms with Crippen molar-refractivity contribution in [3.8, 4) is 0 Å². The van der Waals surface area contributed by atoms with Gasteiger partial charge in [0.15, 0.2) is 0 Å². The zero-order chi connectivity index (χ0) is 15.3. The molecule has 1 unspecified atom stereocenters. The lowest BCUT2D eigenvalue weighted by atomic mass is 9.98. The first-order valence-corrected chi connectivity index (χ1v) is 7.66. The minimum atomic E-state index is -5.27. The van der Waals surface area contributed by atoms with E-state index in [1.165, 1.54) is 0 Å². The molecule has 0 radical (unpaired) electrons. The molecule has 5 N–H and O–H groups in total. The fraction of sp³-hybridized carbons (Fsp3) is 0.833. The highest BCUT2D eigenvalue weighted by molar-refractivity contribution is 7.60. The van der Waals surface area contributed by atoms with E-state index in [2.05, 4.69) is 8.83 Å². The third-order valence-corrected chi connectivity index (χ3v) is 3.95. The van der Waals surface area contributed by atoms with Crippen LogP contribution in [-0.2, 0) is 22.8 Å². The number of carboxylic acids is 1. The molecule has 0 amide bonds. The summed E-state index contributed by atoms with van der Waals surface area (Å²) in [7, 11) is -10.4. The number of halogens is 1. The van der Waals surface area contributed by atoms with Crippen LogP contribution in [0.5, 0.6) is 0 Å². The van der Waals surface area contributed by atoms with Crippen molar-refractivity contribution < 1.29 is 52.0 Å². The molecule has 0 fully saturated rings. The molecule has 0 spiro atoms. The van der Waals surface area contributed by atoms with E-state index in [4.69, 9.17) is 19.8 Å². The second kappa shape index (κ2) is 6.87. The van der Waals surface area contributed by atoms with Crippen molar-refractivity contribution in [2.75, 3.05) is 13.3 Å². The van der Waals surface area contributed by atoms with E-state index in [1.54, 1.807) is 0 Å². The van der Waals surface area contributed by atoms with Crippen molar-refractivity contribution in [3.63, 3.8) is 0 Å². The number of hydrogen-bond acceptors (Lipinski definition) is 6. The lowest BCUT2D eigenvalue weighted by Crippen LogP contribution is -2.35. The van der Waals surface area contributed by atoms with Gasteiger partial charge in [0.2, 0.25) is 0 Å². The molecule has 13 heteroatoms. The van der Waals surface area contributed by atoms with Gasteiger partial charge in [0.25, 0.3) is 0 Å². The Hall–Kier alpha value is -0.380. The number of rotatable bonds is 9. The topological polar surface area (TPSA) is 171 Å². The van der Waals surface area contributed by atoms with Gasteiger partial charge < -0.3 is 24.9 Å². The highest BCUT2D eigenvalue weighted by Gasteiger charge is 2.35. The normalized spacial score (nSPS) is 18.6. The molecule has 114 valence electrons. The average molecular weight is 326 g/mol. The van der Waals surface area contributed by atoms with Crippen molar-refractivity contribution >= 4 is 21.6 Å². The maximum atomic E-state index is 12.4. The molecule has 0 heterocycles. The molecular formula is C6H13FO10P2. The molecule has 0 saturated carbocycles. The monoisotopic (exact) mass is 326 g/mol. The number of hydrogen-bond donors (Lipinski definition) is 5. The van der Waals surface area contributed by atoms with Crippen LogP contribution in [0.15, 0.2) is 0 Å². The second-order valence-corrected chi connectivity index (χ2v) is 6.38. The largest absolute Gasteiger partial charge is 0.481 e. The number of alkyl halides is 1. The predicted octanol–water partition coefficient (Wildman–Crippen LogP) is -0.222. The Morgan fingerprint density at radius 2 is 1.79 bits per heavy atom. The minimum absolute atomic E-state index is 0.690. The average Bonchev–Trinajstić information content (AvgIpc) is 2.11. The van der Waals surface area contributed by atoms with Crippen LogP contribution in [0.2, 0.25) is 0 Å². The highest BCUT2D eigenvalue weighted by atomic mass is 31.3. The van der Waals surface area contributed by atoms with Gasteiger partial charge in [-0.3, -0.25) is 9.32 Å². The lowest BCUT2D eigenvalue weighted by Gasteiger charge is -2.23. The molecule has 0 saturated heterocycles.